The van der Waals surface area contributed by atoms with Gasteiger partial charge in [-0.25, -0.2) is 8.42 Å². The third-order valence-corrected chi connectivity index (χ3v) is 8.46. The molecule has 0 unspecified atom stereocenters. The molecule has 0 aliphatic carbocycles. The zero-order valence-corrected chi connectivity index (χ0v) is 22.1. The summed E-state index contributed by atoms with van der Waals surface area (Å²) in [5.41, 5.74) is 2.87. The highest BCUT2D eigenvalue weighted by Crippen LogP contribution is 2.29. The molecular weight excluding hydrogens is 506 g/mol. The van der Waals surface area contributed by atoms with E-state index >= 15 is 0 Å². The topological polar surface area (TPSA) is 77.8 Å². The predicted octanol–water partition coefficient (Wildman–Crippen LogP) is 6.05. The van der Waals surface area contributed by atoms with E-state index in [4.69, 9.17) is 11.6 Å². The van der Waals surface area contributed by atoms with Gasteiger partial charge in [-0.2, -0.15) is 0 Å². The van der Waals surface area contributed by atoms with Crippen LogP contribution in [0.15, 0.2) is 113 Å². The van der Waals surface area contributed by atoms with Crippen LogP contribution in [-0.4, -0.2) is 36.1 Å². The van der Waals surface area contributed by atoms with Crippen LogP contribution in [0.4, 0.5) is 0 Å². The first-order chi connectivity index (χ1) is 17.7. The average Bonchev–Trinajstić information content (AvgIpc) is 2.89. The molecular formula is C30H30ClNO4S. The van der Waals surface area contributed by atoms with Gasteiger partial charge in [0.1, 0.15) is 10.6 Å². The van der Waals surface area contributed by atoms with Crippen molar-refractivity contribution in [2.24, 2.45) is 0 Å². The fourth-order valence-electron chi connectivity index (χ4n) is 4.35. The zero-order valence-electron chi connectivity index (χ0n) is 20.5. The Labute approximate surface area is 223 Å². The van der Waals surface area contributed by atoms with Gasteiger partial charge in [0.25, 0.3) is 0 Å². The highest BCUT2D eigenvalue weighted by atomic mass is 35.5. The van der Waals surface area contributed by atoms with E-state index in [-0.39, 0.29) is 21.6 Å². The summed E-state index contributed by atoms with van der Waals surface area (Å²) < 4.78 is 25.9. The monoisotopic (exact) mass is 535 g/mol. The first-order valence-corrected chi connectivity index (χ1v) is 13.9. The molecule has 4 aromatic rings. The zero-order chi connectivity index (χ0) is 26.4. The average molecular weight is 536 g/mol. The summed E-state index contributed by atoms with van der Waals surface area (Å²) in [6, 6.07) is 30.1. The maximum atomic E-state index is 13.0. The molecule has 0 fully saturated rings. The minimum absolute atomic E-state index is 0.0506. The lowest BCUT2D eigenvalue weighted by Gasteiger charge is -2.31. The Morgan fingerprint density at radius 3 is 2.19 bits per heavy atom. The number of nitrogens with zero attached hydrogens (tertiary/aromatic N) is 1. The van der Waals surface area contributed by atoms with E-state index in [1.54, 1.807) is 48.5 Å². The number of rotatable bonds is 10. The number of aliphatic hydroxyl groups excluding tert-OH is 1. The van der Waals surface area contributed by atoms with E-state index in [0.717, 1.165) is 16.7 Å². The molecule has 0 bridgehead atoms. The van der Waals surface area contributed by atoms with Crippen LogP contribution in [0.25, 0.3) is 0 Å². The van der Waals surface area contributed by atoms with Crippen LogP contribution in [-0.2, 0) is 22.8 Å². The molecule has 4 rings (SSSR count). The van der Waals surface area contributed by atoms with Gasteiger partial charge < -0.3 is 10.2 Å². The Kier molecular flexibility index (Phi) is 8.67. The number of halogens is 1. The van der Waals surface area contributed by atoms with Crippen molar-refractivity contribution in [3.05, 3.63) is 125 Å². The Bertz CT molecular complexity index is 1430. The molecule has 2 atom stereocenters. The lowest BCUT2D eigenvalue weighted by atomic mass is 10.0. The molecule has 2 N–H and O–H groups in total. The maximum Gasteiger partial charge on any atom is 0.210 e. The molecule has 5 nitrogen and oxygen atoms in total. The van der Waals surface area contributed by atoms with Gasteiger partial charge >= 0.3 is 0 Å². The van der Waals surface area contributed by atoms with Crippen LogP contribution in [0.1, 0.15) is 29.7 Å². The lowest BCUT2D eigenvalue weighted by Crippen LogP contribution is -2.37. The quantitative estimate of drug-likeness (QED) is 0.259. The minimum Gasteiger partial charge on any atom is -0.507 e. The molecule has 0 heterocycles. The standard InChI is InChI=1S/C30H30ClNO4S/c1-22(18-23-14-16-27(17-15-23)37(35,36)30-13-6-5-12-28(30)33)32(20-24-8-3-2-4-9-24)21-29(34)25-10-7-11-26(31)19-25/h2-17,19,22,29,33-34H,18,20-21H2,1H3/t22-,29+/m1/s1. The maximum absolute atomic E-state index is 13.0. The van der Waals surface area contributed by atoms with Crippen LogP contribution >= 0.6 is 11.6 Å². The van der Waals surface area contributed by atoms with E-state index in [2.05, 4.69) is 24.0 Å². The van der Waals surface area contributed by atoms with Gasteiger partial charge in [0.05, 0.1) is 11.0 Å². The smallest absolute Gasteiger partial charge is 0.210 e. The SMILES string of the molecule is C[C@H](Cc1ccc(S(=O)(=O)c2ccccc2O)cc1)N(Cc1ccccc1)C[C@H](O)c1cccc(Cl)c1. The summed E-state index contributed by atoms with van der Waals surface area (Å²) in [6.07, 6.45) is -0.0534. The first kappa shape index (κ1) is 26.9. The Balaban J connectivity index is 1.52. The second kappa shape index (κ2) is 11.9. The second-order valence-corrected chi connectivity index (χ2v) is 11.5. The number of phenolic OH excluding ortho intramolecular Hbond substituents is 1. The molecule has 0 saturated carbocycles. The van der Waals surface area contributed by atoms with E-state index in [9.17, 15) is 18.6 Å². The van der Waals surface area contributed by atoms with Crippen molar-refractivity contribution in [3.8, 4) is 5.75 Å². The Morgan fingerprint density at radius 1 is 0.838 bits per heavy atom. The minimum atomic E-state index is -3.83. The summed E-state index contributed by atoms with van der Waals surface area (Å²) in [4.78, 5) is 2.23. The van der Waals surface area contributed by atoms with E-state index in [1.165, 1.54) is 12.1 Å². The van der Waals surface area contributed by atoms with Crippen LogP contribution in [0.2, 0.25) is 5.02 Å². The molecule has 0 aliphatic rings. The van der Waals surface area contributed by atoms with Gasteiger partial charge in [0.15, 0.2) is 0 Å². The van der Waals surface area contributed by atoms with Crippen molar-refractivity contribution in [1.82, 2.24) is 4.90 Å². The van der Waals surface area contributed by atoms with Crippen molar-refractivity contribution in [2.45, 2.75) is 41.8 Å². The molecule has 0 amide bonds. The number of aromatic hydroxyl groups is 1. The van der Waals surface area contributed by atoms with Crippen LogP contribution in [0, 0.1) is 0 Å². The summed E-state index contributed by atoms with van der Waals surface area (Å²) in [7, 11) is -3.83. The van der Waals surface area contributed by atoms with Crippen molar-refractivity contribution in [2.75, 3.05) is 6.54 Å². The highest BCUT2D eigenvalue weighted by Gasteiger charge is 2.23. The highest BCUT2D eigenvalue weighted by molar-refractivity contribution is 7.91. The second-order valence-electron chi connectivity index (χ2n) is 9.15. The number of phenols is 1. The van der Waals surface area contributed by atoms with Crippen molar-refractivity contribution < 1.29 is 18.6 Å². The molecule has 4 aromatic carbocycles. The van der Waals surface area contributed by atoms with Gasteiger partial charge in [0.2, 0.25) is 9.84 Å². The van der Waals surface area contributed by atoms with Gasteiger partial charge in [-0.3, -0.25) is 4.90 Å². The van der Waals surface area contributed by atoms with Gasteiger partial charge in [0, 0.05) is 24.2 Å². The molecule has 7 heteroatoms. The lowest BCUT2D eigenvalue weighted by molar-refractivity contribution is 0.0859. The van der Waals surface area contributed by atoms with Crippen molar-refractivity contribution in [3.63, 3.8) is 0 Å². The Morgan fingerprint density at radius 2 is 1.51 bits per heavy atom. The molecule has 192 valence electrons. The number of hydrogen-bond acceptors (Lipinski definition) is 5. The van der Waals surface area contributed by atoms with Crippen LogP contribution in [0.3, 0.4) is 0 Å². The van der Waals surface area contributed by atoms with Gasteiger partial charge in [-0.15, -0.1) is 0 Å². The fraction of sp³-hybridized carbons (Fsp3) is 0.200. The number of hydrogen-bond donors (Lipinski definition) is 2. The van der Waals surface area contributed by atoms with Gasteiger partial charge in [-0.1, -0.05) is 78.3 Å². The number of para-hydroxylation sites is 1. The molecule has 0 saturated heterocycles. The normalized spacial score (nSPS) is 13.4. The van der Waals surface area contributed by atoms with E-state index < -0.39 is 15.9 Å². The van der Waals surface area contributed by atoms with E-state index in [0.29, 0.717) is 24.5 Å². The summed E-state index contributed by atoms with van der Waals surface area (Å²) in [5, 5.41) is 21.6. The van der Waals surface area contributed by atoms with Crippen molar-refractivity contribution >= 4 is 21.4 Å². The molecule has 0 aliphatic heterocycles. The summed E-state index contributed by atoms with van der Waals surface area (Å²) in [6.45, 7) is 3.16. The molecule has 0 aromatic heterocycles. The van der Waals surface area contributed by atoms with E-state index in [1.807, 2.05) is 30.3 Å². The third-order valence-electron chi connectivity index (χ3n) is 6.41. The van der Waals surface area contributed by atoms with Crippen LogP contribution in [0.5, 0.6) is 5.75 Å². The number of sulfone groups is 1. The van der Waals surface area contributed by atoms with Gasteiger partial charge in [-0.05, 0) is 66.4 Å². The summed E-state index contributed by atoms with van der Waals surface area (Å²) >= 11 is 6.14. The Hall–Kier alpha value is -3.16. The molecule has 0 spiro atoms. The number of aliphatic hydroxyl groups is 1. The number of benzene rings is 4. The third kappa shape index (κ3) is 6.79. The van der Waals surface area contributed by atoms with Crippen molar-refractivity contribution in [1.29, 1.82) is 0 Å². The predicted molar refractivity (Wildman–Crippen MR) is 146 cm³/mol. The largest absolute Gasteiger partial charge is 0.507 e. The fourth-order valence-corrected chi connectivity index (χ4v) is 5.89. The summed E-state index contributed by atoms with van der Waals surface area (Å²) in [5.74, 6) is -0.269. The molecule has 37 heavy (non-hydrogen) atoms. The molecule has 0 radical (unpaired) electrons. The first-order valence-electron chi connectivity index (χ1n) is 12.1. The van der Waals surface area contributed by atoms with Crippen LogP contribution < -0.4 is 0 Å².